The number of halogens is 2. The maximum atomic E-state index is 11.2. The van der Waals surface area contributed by atoms with Gasteiger partial charge in [-0.25, -0.2) is 4.98 Å². The average Bonchev–Trinajstić information content (AvgIpc) is 2.31. The van der Waals surface area contributed by atoms with Crippen molar-refractivity contribution in [3.05, 3.63) is 16.1 Å². The number of nitrogens with zero attached hydrogens (tertiary/aromatic N) is 1. The lowest BCUT2D eigenvalue weighted by Crippen LogP contribution is -2.13. The summed E-state index contributed by atoms with van der Waals surface area (Å²) in [7, 11) is 0.940. The van der Waals surface area contributed by atoms with E-state index in [1.165, 1.54) is 0 Å². The maximum Gasteiger partial charge on any atom is 0.147 e. The first kappa shape index (κ1) is 14.5. The van der Waals surface area contributed by atoms with Gasteiger partial charge in [-0.3, -0.25) is 4.21 Å². The molecule has 0 saturated carbocycles. The lowest BCUT2D eigenvalue weighted by Gasteiger charge is -2.10. The number of rotatable bonds is 6. The fourth-order valence-electron chi connectivity index (χ4n) is 1.19. The monoisotopic (exact) mass is 295 g/mol. The van der Waals surface area contributed by atoms with Crippen molar-refractivity contribution < 1.29 is 4.21 Å². The van der Waals surface area contributed by atoms with Crippen molar-refractivity contribution >= 4 is 45.6 Å². The van der Waals surface area contributed by atoms with Gasteiger partial charge in [0.1, 0.15) is 11.6 Å². The van der Waals surface area contributed by atoms with Crippen LogP contribution in [0.4, 0.5) is 11.6 Å². The molecule has 96 valence electrons. The minimum Gasteiger partial charge on any atom is -0.372 e. The van der Waals surface area contributed by atoms with E-state index in [1.54, 1.807) is 13.1 Å². The van der Waals surface area contributed by atoms with Crippen LogP contribution < -0.4 is 10.6 Å². The Labute approximate surface area is 114 Å². The lowest BCUT2D eigenvalue weighted by molar-refractivity contribution is 0.684. The largest absolute Gasteiger partial charge is 0.372 e. The molecule has 2 N–H and O–H groups in total. The van der Waals surface area contributed by atoms with Crippen LogP contribution in [0, 0.1) is 0 Å². The van der Waals surface area contributed by atoms with E-state index in [2.05, 4.69) is 15.6 Å². The van der Waals surface area contributed by atoms with Crippen molar-refractivity contribution in [2.24, 2.45) is 0 Å². The van der Waals surface area contributed by atoms with Crippen LogP contribution in [-0.4, -0.2) is 34.3 Å². The number of anilines is 2. The van der Waals surface area contributed by atoms with Gasteiger partial charge in [0.05, 0.1) is 10.0 Å². The van der Waals surface area contributed by atoms with Crippen molar-refractivity contribution in [2.45, 2.75) is 6.92 Å². The van der Waals surface area contributed by atoms with Crippen LogP contribution in [-0.2, 0) is 10.8 Å². The van der Waals surface area contributed by atoms with Crippen molar-refractivity contribution in [3.8, 4) is 0 Å². The van der Waals surface area contributed by atoms with Gasteiger partial charge in [-0.05, 0) is 6.07 Å². The summed E-state index contributed by atoms with van der Waals surface area (Å²) in [4.78, 5) is 4.23. The molecule has 1 heterocycles. The second-order valence-electron chi connectivity index (χ2n) is 3.26. The van der Waals surface area contributed by atoms with Crippen LogP contribution in [0.15, 0.2) is 6.07 Å². The summed E-state index contributed by atoms with van der Waals surface area (Å²) in [5, 5.41) is 6.84. The molecule has 0 bridgehead atoms. The molecule has 1 aromatic heterocycles. The molecule has 0 amide bonds. The molecule has 17 heavy (non-hydrogen) atoms. The van der Waals surface area contributed by atoms with E-state index >= 15 is 0 Å². The molecule has 0 fully saturated rings. The van der Waals surface area contributed by atoms with E-state index in [9.17, 15) is 4.21 Å². The van der Waals surface area contributed by atoms with Crippen molar-refractivity contribution in [2.75, 3.05) is 35.7 Å². The lowest BCUT2D eigenvalue weighted by atomic mass is 10.4. The first-order valence-electron chi connectivity index (χ1n) is 5.21. The summed E-state index contributed by atoms with van der Waals surface area (Å²) in [5.41, 5.74) is 0. The number of hydrogen-bond acceptors (Lipinski definition) is 4. The molecular weight excluding hydrogens is 281 g/mol. The van der Waals surface area contributed by atoms with Gasteiger partial charge in [-0.1, -0.05) is 30.1 Å². The molecule has 1 unspecified atom stereocenters. The fraction of sp³-hybridized carbons (Fsp3) is 0.500. The Hall–Kier alpha value is -0.520. The third-order valence-electron chi connectivity index (χ3n) is 2.11. The van der Waals surface area contributed by atoms with Crippen LogP contribution in [0.25, 0.3) is 0 Å². The minimum atomic E-state index is -0.794. The molecular formula is C10H15Cl2N3OS. The first-order chi connectivity index (χ1) is 8.08. The molecule has 1 rings (SSSR count). The topological polar surface area (TPSA) is 54.0 Å². The molecule has 4 nitrogen and oxygen atoms in total. The summed E-state index contributed by atoms with van der Waals surface area (Å²) >= 11 is 11.9. The quantitative estimate of drug-likeness (QED) is 0.847. The Morgan fingerprint density at radius 1 is 1.35 bits per heavy atom. The second kappa shape index (κ2) is 7.03. The number of aromatic nitrogens is 1. The van der Waals surface area contributed by atoms with E-state index in [4.69, 9.17) is 23.2 Å². The fourth-order valence-corrected chi connectivity index (χ4v) is 2.33. The Bertz CT molecular complexity index is 415. The molecule has 7 heteroatoms. The molecule has 1 atom stereocenters. The van der Waals surface area contributed by atoms with Gasteiger partial charge >= 0.3 is 0 Å². The van der Waals surface area contributed by atoms with E-state index in [0.29, 0.717) is 39.7 Å². The molecule has 1 aromatic rings. The summed E-state index contributed by atoms with van der Waals surface area (Å²) < 4.78 is 11.2. The van der Waals surface area contributed by atoms with E-state index in [-0.39, 0.29) is 0 Å². The summed E-state index contributed by atoms with van der Waals surface area (Å²) in [6.45, 7) is 2.46. The Kier molecular flexibility index (Phi) is 6.02. The van der Waals surface area contributed by atoms with Crippen molar-refractivity contribution in [1.29, 1.82) is 0 Å². The van der Waals surface area contributed by atoms with Gasteiger partial charge in [-0.15, -0.1) is 0 Å². The van der Waals surface area contributed by atoms with Gasteiger partial charge in [0, 0.05) is 35.9 Å². The van der Waals surface area contributed by atoms with Gasteiger partial charge in [-0.2, -0.15) is 0 Å². The molecule has 0 aromatic carbocycles. The first-order valence-corrected chi connectivity index (χ1v) is 7.45. The van der Waals surface area contributed by atoms with Gasteiger partial charge < -0.3 is 10.6 Å². The van der Waals surface area contributed by atoms with E-state index in [1.807, 2.05) is 6.92 Å². The molecule has 0 saturated heterocycles. The standard InChI is InChI=1S/C10H15Cl2N3OS/c1-3-17(16)5-4-14-10-8(12)6-7(11)9(13-2)15-10/h6H,3-5H2,1-2H3,(H2,13,14,15). The maximum absolute atomic E-state index is 11.2. The SMILES string of the molecule is CCS(=O)CCNc1nc(NC)c(Cl)cc1Cl. The Morgan fingerprint density at radius 3 is 2.59 bits per heavy atom. The third kappa shape index (κ3) is 4.33. The average molecular weight is 296 g/mol. The minimum absolute atomic E-state index is 0.455. The predicted molar refractivity (Wildman–Crippen MR) is 75.8 cm³/mol. The highest BCUT2D eigenvalue weighted by atomic mass is 35.5. The number of nitrogens with one attached hydrogen (secondary N) is 2. The van der Waals surface area contributed by atoms with Crippen molar-refractivity contribution in [3.63, 3.8) is 0 Å². The summed E-state index contributed by atoms with van der Waals surface area (Å²) in [6.07, 6.45) is 0. The zero-order chi connectivity index (χ0) is 12.8. The summed E-state index contributed by atoms with van der Waals surface area (Å²) in [5.74, 6) is 2.35. The molecule has 0 spiro atoms. The van der Waals surface area contributed by atoms with Gasteiger partial charge in [0.2, 0.25) is 0 Å². The molecule has 0 aliphatic heterocycles. The van der Waals surface area contributed by atoms with Crippen LogP contribution in [0.2, 0.25) is 10.0 Å². The van der Waals surface area contributed by atoms with Crippen molar-refractivity contribution in [1.82, 2.24) is 4.98 Å². The highest BCUT2D eigenvalue weighted by molar-refractivity contribution is 7.84. The van der Waals surface area contributed by atoms with Crippen LogP contribution >= 0.6 is 23.2 Å². The predicted octanol–water partition coefficient (Wildman–Crippen LogP) is 2.61. The molecule has 0 aliphatic carbocycles. The normalized spacial score (nSPS) is 12.2. The highest BCUT2D eigenvalue weighted by Crippen LogP contribution is 2.28. The van der Waals surface area contributed by atoms with Crippen LogP contribution in [0.3, 0.4) is 0 Å². The summed E-state index contributed by atoms with van der Waals surface area (Å²) in [6, 6.07) is 1.63. The van der Waals surface area contributed by atoms with Crippen LogP contribution in [0.5, 0.6) is 0 Å². The van der Waals surface area contributed by atoms with Crippen LogP contribution in [0.1, 0.15) is 6.92 Å². The molecule has 0 aliphatic rings. The Balaban J connectivity index is 2.67. The highest BCUT2D eigenvalue weighted by Gasteiger charge is 2.08. The molecule has 0 radical (unpaired) electrons. The van der Waals surface area contributed by atoms with Gasteiger partial charge in [0.15, 0.2) is 0 Å². The zero-order valence-electron chi connectivity index (χ0n) is 9.72. The zero-order valence-corrected chi connectivity index (χ0v) is 12.0. The number of pyridine rings is 1. The second-order valence-corrected chi connectivity index (χ2v) is 5.94. The van der Waals surface area contributed by atoms with E-state index in [0.717, 1.165) is 0 Å². The van der Waals surface area contributed by atoms with E-state index < -0.39 is 10.8 Å². The third-order valence-corrected chi connectivity index (χ3v) is 3.99. The number of hydrogen-bond donors (Lipinski definition) is 2. The smallest absolute Gasteiger partial charge is 0.147 e. The Morgan fingerprint density at radius 2 is 2.00 bits per heavy atom. The van der Waals surface area contributed by atoms with Gasteiger partial charge in [0.25, 0.3) is 0 Å².